The Kier molecular flexibility index (Phi) is 5.59. The summed E-state index contributed by atoms with van der Waals surface area (Å²) in [7, 11) is -3.03. The molecule has 1 aliphatic rings. The second-order valence-corrected chi connectivity index (χ2v) is 12.0. The van der Waals surface area contributed by atoms with Crippen molar-refractivity contribution in [1.82, 2.24) is 4.98 Å². The molecule has 1 fully saturated rings. The first-order valence-electron chi connectivity index (χ1n) is 12.0. The molecule has 0 saturated heterocycles. The van der Waals surface area contributed by atoms with E-state index < -0.39 is 7.14 Å². The summed E-state index contributed by atoms with van der Waals surface area (Å²) in [6.45, 7) is 0. The Bertz CT molecular complexity index is 1500. The smallest absolute Gasteiger partial charge is 0.147 e. The van der Waals surface area contributed by atoms with Crippen molar-refractivity contribution in [3.8, 4) is 11.1 Å². The minimum Gasteiger partial charge on any atom is -0.313 e. The lowest BCUT2D eigenvalue weighted by Gasteiger charge is -2.24. The van der Waals surface area contributed by atoms with Crippen LogP contribution in [0.25, 0.3) is 22.0 Å². The molecule has 1 aromatic heterocycles. The summed E-state index contributed by atoms with van der Waals surface area (Å²) < 4.78 is 29.0. The van der Waals surface area contributed by atoms with Gasteiger partial charge in [-0.2, -0.15) is 0 Å². The van der Waals surface area contributed by atoms with Crippen LogP contribution in [0.2, 0.25) is 0 Å². The molecule has 0 spiro atoms. The molecule has 0 radical (unpaired) electrons. The molecule has 0 unspecified atom stereocenters. The maximum Gasteiger partial charge on any atom is 0.147 e. The Hall–Kier alpha value is -3.55. The molecular weight excluding hydrogens is 452 g/mol. The van der Waals surface area contributed by atoms with Crippen molar-refractivity contribution in [2.75, 3.05) is 0 Å². The highest BCUT2D eigenvalue weighted by molar-refractivity contribution is 7.78. The largest absolute Gasteiger partial charge is 0.313 e. The molecule has 0 bridgehead atoms. The first-order valence-corrected chi connectivity index (χ1v) is 13.9. The van der Waals surface area contributed by atoms with E-state index in [2.05, 4.69) is 6.07 Å². The van der Waals surface area contributed by atoms with Crippen LogP contribution in [-0.4, -0.2) is 4.98 Å². The highest BCUT2D eigenvalue weighted by Gasteiger charge is 2.35. The van der Waals surface area contributed by atoms with Gasteiger partial charge in [-0.25, -0.2) is 4.39 Å². The van der Waals surface area contributed by atoms with Gasteiger partial charge in [0.05, 0.1) is 5.52 Å². The van der Waals surface area contributed by atoms with Crippen LogP contribution in [0.3, 0.4) is 0 Å². The summed E-state index contributed by atoms with van der Waals surface area (Å²) in [6, 6.07) is 34.3. The van der Waals surface area contributed by atoms with Gasteiger partial charge in [-0.1, -0.05) is 91.0 Å². The standard InChI is InChI=1S/C31H25FNOP/c32-24-19-17-22(18-20-24)30-27-13-7-8-14-29(27)33-31(23-15-16-23)28(30)21-35(34,25-9-3-1-4-10-25)26-11-5-2-6-12-26/h1-14,17-20,23H,15-16,21H2. The molecule has 4 aromatic carbocycles. The molecule has 2 nitrogen and oxygen atoms in total. The molecule has 1 aliphatic carbocycles. The molecule has 172 valence electrons. The number of hydrogen-bond donors (Lipinski definition) is 0. The lowest BCUT2D eigenvalue weighted by molar-refractivity contribution is 0.586. The number of para-hydroxylation sites is 1. The van der Waals surface area contributed by atoms with Crippen LogP contribution in [0.15, 0.2) is 109 Å². The van der Waals surface area contributed by atoms with Gasteiger partial charge in [-0.3, -0.25) is 4.98 Å². The maximum atomic E-state index is 15.1. The average Bonchev–Trinajstić information content (AvgIpc) is 3.75. The zero-order valence-electron chi connectivity index (χ0n) is 19.3. The van der Waals surface area contributed by atoms with E-state index in [0.29, 0.717) is 12.1 Å². The van der Waals surface area contributed by atoms with E-state index >= 15 is 4.57 Å². The van der Waals surface area contributed by atoms with Crippen molar-refractivity contribution < 1.29 is 8.96 Å². The van der Waals surface area contributed by atoms with Crippen LogP contribution >= 0.6 is 7.14 Å². The lowest BCUT2D eigenvalue weighted by Crippen LogP contribution is -2.18. The van der Waals surface area contributed by atoms with Crippen LogP contribution < -0.4 is 10.6 Å². The van der Waals surface area contributed by atoms with Crippen LogP contribution in [0.5, 0.6) is 0 Å². The van der Waals surface area contributed by atoms with E-state index in [9.17, 15) is 4.39 Å². The summed E-state index contributed by atoms with van der Waals surface area (Å²) in [5.74, 6) is 0.101. The van der Waals surface area contributed by atoms with Gasteiger partial charge in [0.1, 0.15) is 13.0 Å². The highest BCUT2D eigenvalue weighted by atomic mass is 31.2. The van der Waals surface area contributed by atoms with Crippen molar-refractivity contribution in [2.24, 2.45) is 0 Å². The summed E-state index contributed by atoms with van der Waals surface area (Å²) in [4.78, 5) is 5.12. The Labute approximate surface area is 204 Å². The molecule has 4 heteroatoms. The van der Waals surface area contributed by atoms with Crippen molar-refractivity contribution in [3.63, 3.8) is 0 Å². The zero-order chi connectivity index (χ0) is 23.8. The third kappa shape index (κ3) is 4.11. The SMILES string of the molecule is O=P(Cc1c(C2CC2)nc2ccccc2c1-c1ccc(F)cc1)(c1ccccc1)c1ccccc1. The fourth-order valence-corrected chi connectivity index (χ4v) is 7.70. The molecule has 1 heterocycles. The number of fused-ring (bicyclic) bond motifs is 1. The zero-order valence-corrected chi connectivity index (χ0v) is 20.2. The van der Waals surface area contributed by atoms with Crippen LogP contribution in [0, 0.1) is 5.82 Å². The minimum absolute atomic E-state index is 0.268. The molecule has 1 saturated carbocycles. The van der Waals surface area contributed by atoms with E-state index in [-0.39, 0.29) is 5.82 Å². The fourth-order valence-electron chi connectivity index (χ4n) is 4.96. The quantitative estimate of drug-likeness (QED) is 0.238. The van der Waals surface area contributed by atoms with E-state index in [1.165, 1.54) is 12.1 Å². The Morgan fingerprint density at radius 2 is 1.31 bits per heavy atom. The second kappa shape index (κ2) is 8.91. The highest BCUT2D eigenvalue weighted by Crippen LogP contribution is 2.53. The number of rotatable bonds is 6. The number of hydrogen-bond acceptors (Lipinski definition) is 2. The van der Waals surface area contributed by atoms with Crippen molar-refractivity contribution in [2.45, 2.75) is 24.9 Å². The van der Waals surface area contributed by atoms with E-state index in [0.717, 1.165) is 56.7 Å². The van der Waals surface area contributed by atoms with Gasteiger partial charge >= 0.3 is 0 Å². The Balaban J connectivity index is 1.65. The number of benzene rings is 4. The molecule has 5 aromatic rings. The van der Waals surface area contributed by atoms with Crippen molar-refractivity contribution >= 4 is 28.7 Å². The fraction of sp³-hybridized carbons (Fsp3) is 0.129. The first kappa shape index (κ1) is 21.9. The third-order valence-electron chi connectivity index (χ3n) is 6.85. The predicted octanol–water partition coefficient (Wildman–Crippen LogP) is 7.43. The molecule has 6 rings (SSSR count). The minimum atomic E-state index is -3.03. The lowest BCUT2D eigenvalue weighted by atomic mass is 9.93. The van der Waals surface area contributed by atoms with Gasteiger partial charge in [0.2, 0.25) is 0 Å². The summed E-state index contributed by atoms with van der Waals surface area (Å²) in [6.07, 6.45) is 2.54. The van der Waals surface area contributed by atoms with Crippen LogP contribution in [0.1, 0.15) is 30.0 Å². The molecular formula is C31H25FNOP. The van der Waals surface area contributed by atoms with Crippen molar-refractivity contribution in [3.05, 3.63) is 126 Å². The number of pyridine rings is 1. The Morgan fingerprint density at radius 3 is 1.91 bits per heavy atom. The number of halogens is 1. The van der Waals surface area contributed by atoms with Gasteiger partial charge in [-0.05, 0) is 47.7 Å². The molecule has 0 aliphatic heterocycles. The van der Waals surface area contributed by atoms with Gasteiger partial charge in [0, 0.05) is 33.8 Å². The summed E-state index contributed by atoms with van der Waals surface area (Å²) in [5, 5.41) is 2.68. The van der Waals surface area contributed by atoms with Gasteiger partial charge < -0.3 is 4.57 Å². The van der Waals surface area contributed by atoms with Crippen LogP contribution in [-0.2, 0) is 10.7 Å². The Morgan fingerprint density at radius 1 is 0.743 bits per heavy atom. The van der Waals surface area contributed by atoms with Gasteiger partial charge in [0.15, 0.2) is 0 Å². The maximum absolute atomic E-state index is 15.1. The van der Waals surface area contributed by atoms with E-state index in [1.54, 1.807) is 0 Å². The van der Waals surface area contributed by atoms with Gasteiger partial charge in [0.25, 0.3) is 0 Å². The van der Waals surface area contributed by atoms with Crippen molar-refractivity contribution in [1.29, 1.82) is 0 Å². The molecule has 35 heavy (non-hydrogen) atoms. The summed E-state index contributed by atoms with van der Waals surface area (Å²) in [5.41, 5.74) is 4.93. The first-order chi connectivity index (χ1) is 17.1. The molecule has 0 atom stereocenters. The summed E-state index contributed by atoms with van der Waals surface area (Å²) >= 11 is 0. The molecule has 0 N–H and O–H groups in total. The average molecular weight is 478 g/mol. The van der Waals surface area contributed by atoms with E-state index in [1.807, 2.05) is 91.0 Å². The van der Waals surface area contributed by atoms with E-state index in [4.69, 9.17) is 4.98 Å². The topological polar surface area (TPSA) is 30.0 Å². The normalized spacial score (nSPS) is 13.7. The van der Waals surface area contributed by atoms with Gasteiger partial charge in [-0.15, -0.1) is 0 Å². The third-order valence-corrected chi connectivity index (χ3v) is 9.88. The predicted molar refractivity (Wildman–Crippen MR) is 143 cm³/mol. The monoisotopic (exact) mass is 477 g/mol. The number of aromatic nitrogens is 1. The number of nitrogens with zero attached hydrogens (tertiary/aromatic N) is 1. The molecule has 0 amide bonds. The van der Waals surface area contributed by atoms with Crippen LogP contribution in [0.4, 0.5) is 4.39 Å². The second-order valence-electron chi connectivity index (χ2n) is 9.22.